The Bertz CT molecular complexity index is 385. The summed E-state index contributed by atoms with van der Waals surface area (Å²) in [7, 11) is 1.33. The van der Waals surface area contributed by atoms with Gasteiger partial charge in [-0.25, -0.2) is 9.78 Å². The molecule has 1 aromatic rings. The summed E-state index contributed by atoms with van der Waals surface area (Å²) >= 11 is 8.95. The molecule has 18 heavy (non-hydrogen) atoms. The van der Waals surface area contributed by atoms with E-state index in [2.05, 4.69) is 21.3 Å². The Kier molecular flexibility index (Phi) is 7.46. The van der Waals surface area contributed by atoms with Crippen LogP contribution in [0.5, 0.6) is 0 Å². The Labute approximate surface area is 120 Å². The monoisotopic (exact) mass is 308 g/mol. The summed E-state index contributed by atoms with van der Waals surface area (Å²) in [4.78, 5) is 15.8. The largest absolute Gasteiger partial charge is 0.465 e. The quantitative estimate of drug-likeness (QED) is 0.588. The van der Waals surface area contributed by atoms with E-state index in [1.54, 1.807) is 0 Å². The highest BCUT2D eigenvalue weighted by atomic mass is 35.5. The summed E-state index contributed by atoms with van der Waals surface area (Å²) in [5.74, 6) is 0.765. The van der Waals surface area contributed by atoms with E-state index in [0.717, 1.165) is 13.0 Å². The van der Waals surface area contributed by atoms with E-state index in [9.17, 15) is 4.79 Å². The minimum Gasteiger partial charge on any atom is -0.465 e. The number of nitrogens with zero attached hydrogens (tertiary/aromatic N) is 1. The van der Waals surface area contributed by atoms with E-state index < -0.39 is 5.97 Å². The number of esters is 1. The predicted octanol–water partition coefficient (Wildman–Crippen LogP) is 3.53. The van der Waals surface area contributed by atoms with Gasteiger partial charge in [-0.1, -0.05) is 29.4 Å². The molecule has 0 saturated carbocycles. The first-order valence-corrected chi connectivity index (χ1v) is 8.25. The molecule has 0 saturated heterocycles. The van der Waals surface area contributed by atoms with Crippen molar-refractivity contribution in [3.05, 3.63) is 10.0 Å². The Morgan fingerprint density at radius 1 is 1.50 bits per heavy atom. The number of anilines is 1. The van der Waals surface area contributed by atoms with Gasteiger partial charge in [-0.2, -0.15) is 11.8 Å². The van der Waals surface area contributed by atoms with E-state index in [1.807, 2.05) is 11.8 Å². The lowest BCUT2D eigenvalue weighted by Gasteiger charge is -2.01. The topological polar surface area (TPSA) is 51.2 Å². The second-order valence-corrected chi connectivity index (χ2v) is 5.95. The Morgan fingerprint density at radius 2 is 2.28 bits per heavy atom. The molecule has 0 aliphatic rings. The number of rotatable bonds is 8. The SMILES string of the molecule is COC(=O)c1sc(NCCCCCSC)nc1Cl. The number of hydrogen-bond acceptors (Lipinski definition) is 6. The summed E-state index contributed by atoms with van der Waals surface area (Å²) in [6.45, 7) is 0.846. The molecule has 1 heterocycles. The molecule has 0 fully saturated rings. The summed E-state index contributed by atoms with van der Waals surface area (Å²) in [6, 6.07) is 0. The van der Waals surface area contributed by atoms with Crippen molar-refractivity contribution >= 4 is 45.8 Å². The molecule has 0 bridgehead atoms. The van der Waals surface area contributed by atoms with Gasteiger partial charge in [0.1, 0.15) is 0 Å². The molecule has 1 aromatic heterocycles. The van der Waals surface area contributed by atoms with Crippen LogP contribution in [-0.4, -0.2) is 36.6 Å². The third-order valence-electron chi connectivity index (χ3n) is 2.26. The lowest BCUT2D eigenvalue weighted by atomic mass is 10.2. The van der Waals surface area contributed by atoms with E-state index in [4.69, 9.17) is 11.6 Å². The summed E-state index contributed by atoms with van der Waals surface area (Å²) in [6.07, 6.45) is 5.63. The first-order chi connectivity index (χ1) is 8.69. The van der Waals surface area contributed by atoms with Crippen molar-refractivity contribution in [2.75, 3.05) is 31.0 Å². The zero-order chi connectivity index (χ0) is 13.4. The van der Waals surface area contributed by atoms with E-state index in [1.165, 1.54) is 37.0 Å². The van der Waals surface area contributed by atoms with Crippen molar-refractivity contribution in [1.82, 2.24) is 4.98 Å². The minimum atomic E-state index is -0.439. The molecule has 0 aromatic carbocycles. The molecule has 0 aliphatic carbocycles. The molecule has 1 N–H and O–H groups in total. The van der Waals surface area contributed by atoms with Gasteiger partial charge in [-0.3, -0.25) is 0 Å². The number of hydrogen-bond donors (Lipinski definition) is 1. The molecular weight excluding hydrogens is 292 g/mol. The Balaban J connectivity index is 2.33. The van der Waals surface area contributed by atoms with Gasteiger partial charge >= 0.3 is 5.97 Å². The molecule has 7 heteroatoms. The summed E-state index contributed by atoms with van der Waals surface area (Å²) in [5, 5.41) is 4.05. The van der Waals surface area contributed by atoms with Gasteiger partial charge < -0.3 is 10.1 Å². The third-order valence-corrected chi connectivity index (χ3v) is 4.33. The molecule has 0 unspecified atom stereocenters. The maximum Gasteiger partial charge on any atom is 0.351 e. The van der Waals surface area contributed by atoms with E-state index in [-0.39, 0.29) is 5.15 Å². The van der Waals surface area contributed by atoms with Crippen molar-refractivity contribution in [3.63, 3.8) is 0 Å². The highest BCUT2D eigenvalue weighted by Crippen LogP contribution is 2.27. The van der Waals surface area contributed by atoms with Crippen LogP contribution >= 0.6 is 34.7 Å². The van der Waals surface area contributed by atoms with Crippen molar-refractivity contribution in [1.29, 1.82) is 0 Å². The van der Waals surface area contributed by atoms with Crippen LogP contribution in [0.3, 0.4) is 0 Å². The molecule has 102 valence electrons. The van der Waals surface area contributed by atoms with Gasteiger partial charge in [0.2, 0.25) is 0 Å². The zero-order valence-electron chi connectivity index (χ0n) is 10.5. The number of unbranched alkanes of at least 4 members (excludes halogenated alkanes) is 2. The highest BCUT2D eigenvalue weighted by Gasteiger charge is 2.16. The van der Waals surface area contributed by atoms with Crippen LogP contribution in [-0.2, 0) is 4.74 Å². The lowest BCUT2D eigenvalue weighted by molar-refractivity contribution is 0.0606. The molecule has 0 amide bonds. The van der Waals surface area contributed by atoms with Gasteiger partial charge in [0, 0.05) is 6.54 Å². The first kappa shape index (κ1) is 15.6. The van der Waals surface area contributed by atoms with Crippen molar-refractivity contribution in [2.45, 2.75) is 19.3 Å². The number of thioether (sulfide) groups is 1. The van der Waals surface area contributed by atoms with Crippen LogP contribution in [0, 0.1) is 0 Å². The van der Waals surface area contributed by atoms with Gasteiger partial charge in [-0.05, 0) is 24.9 Å². The first-order valence-electron chi connectivity index (χ1n) is 5.66. The second-order valence-electron chi connectivity index (χ2n) is 3.61. The molecule has 0 spiro atoms. The average molecular weight is 309 g/mol. The number of thiazole rings is 1. The molecular formula is C11H17ClN2O2S2. The fraction of sp³-hybridized carbons (Fsp3) is 0.636. The zero-order valence-corrected chi connectivity index (χ0v) is 12.9. The van der Waals surface area contributed by atoms with Crippen molar-refractivity contribution in [3.8, 4) is 0 Å². The van der Waals surface area contributed by atoms with Gasteiger partial charge in [0.15, 0.2) is 15.2 Å². The summed E-state index contributed by atoms with van der Waals surface area (Å²) in [5.41, 5.74) is 0. The fourth-order valence-electron chi connectivity index (χ4n) is 1.34. The molecule has 0 atom stereocenters. The third kappa shape index (κ3) is 5.04. The number of halogens is 1. The minimum absolute atomic E-state index is 0.205. The van der Waals surface area contributed by atoms with Crippen LogP contribution in [0.4, 0.5) is 5.13 Å². The lowest BCUT2D eigenvalue weighted by Crippen LogP contribution is -2.00. The van der Waals surface area contributed by atoms with E-state index >= 15 is 0 Å². The number of carbonyl (C=O) groups is 1. The van der Waals surface area contributed by atoms with Crippen molar-refractivity contribution in [2.24, 2.45) is 0 Å². The van der Waals surface area contributed by atoms with Crippen LogP contribution in [0.2, 0.25) is 5.15 Å². The predicted molar refractivity (Wildman–Crippen MR) is 79.2 cm³/mol. The maximum absolute atomic E-state index is 11.3. The normalized spacial score (nSPS) is 10.4. The molecule has 0 radical (unpaired) electrons. The standard InChI is InChI=1S/C11H17ClN2O2S2/c1-16-10(15)8-9(12)14-11(18-8)13-6-4-3-5-7-17-2/h3-7H2,1-2H3,(H,13,14). The van der Waals surface area contributed by atoms with Crippen LogP contribution in [0.15, 0.2) is 0 Å². The number of carbonyl (C=O) groups excluding carboxylic acids is 1. The molecule has 0 aliphatic heterocycles. The highest BCUT2D eigenvalue weighted by molar-refractivity contribution is 7.98. The molecule has 4 nitrogen and oxygen atoms in total. The number of ether oxygens (including phenoxy) is 1. The number of nitrogens with one attached hydrogen (secondary N) is 1. The van der Waals surface area contributed by atoms with Crippen LogP contribution in [0.1, 0.15) is 28.9 Å². The Morgan fingerprint density at radius 3 is 2.94 bits per heavy atom. The Hall–Kier alpha value is -0.460. The van der Waals surface area contributed by atoms with Crippen LogP contribution in [0.25, 0.3) is 0 Å². The summed E-state index contributed by atoms with van der Waals surface area (Å²) < 4.78 is 4.62. The van der Waals surface area contributed by atoms with Gasteiger partial charge in [0.05, 0.1) is 7.11 Å². The average Bonchev–Trinajstić information content (AvgIpc) is 2.74. The fourth-order valence-corrected chi connectivity index (χ4v) is 2.96. The van der Waals surface area contributed by atoms with Crippen LogP contribution < -0.4 is 5.32 Å². The van der Waals surface area contributed by atoms with Crippen molar-refractivity contribution < 1.29 is 9.53 Å². The number of aromatic nitrogens is 1. The van der Waals surface area contributed by atoms with Gasteiger partial charge in [-0.15, -0.1) is 0 Å². The van der Waals surface area contributed by atoms with E-state index in [0.29, 0.717) is 10.0 Å². The maximum atomic E-state index is 11.3. The number of methoxy groups -OCH3 is 1. The second kappa shape index (κ2) is 8.61. The van der Waals surface area contributed by atoms with Gasteiger partial charge in [0.25, 0.3) is 0 Å². The molecule has 1 rings (SSSR count). The smallest absolute Gasteiger partial charge is 0.351 e.